The predicted octanol–water partition coefficient (Wildman–Crippen LogP) is 3.95. The minimum atomic E-state index is 0.233. The molecule has 1 heterocycles. The van der Waals surface area contributed by atoms with E-state index in [9.17, 15) is 0 Å². The number of ether oxygens (including phenoxy) is 1. The van der Waals surface area contributed by atoms with E-state index >= 15 is 0 Å². The lowest BCUT2D eigenvalue weighted by atomic mass is 9.99. The van der Waals surface area contributed by atoms with E-state index in [1.807, 2.05) is 54.6 Å². The highest BCUT2D eigenvalue weighted by atomic mass is 16.5. The molecule has 2 heteroatoms. The maximum atomic E-state index is 6.00. The summed E-state index contributed by atoms with van der Waals surface area (Å²) in [5.41, 5.74) is 2.27. The summed E-state index contributed by atoms with van der Waals surface area (Å²) in [5.74, 6) is 7.28. The molecule has 0 saturated carbocycles. The van der Waals surface area contributed by atoms with Crippen LogP contribution in [-0.4, -0.2) is 29.6 Å². The summed E-state index contributed by atoms with van der Waals surface area (Å²) >= 11 is 0. The summed E-state index contributed by atoms with van der Waals surface area (Å²) in [4.78, 5) is 2.43. The number of nitrogens with zero attached hydrogens (tertiary/aromatic N) is 1. The first-order valence-electron chi connectivity index (χ1n) is 8.09. The molecule has 1 saturated heterocycles. The van der Waals surface area contributed by atoms with Crippen molar-refractivity contribution < 1.29 is 4.74 Å². The van der Waals surface area contributed by atoms with Crippen LogP contribution in [-0.2, 0) is 0 Å². The van der Waals surface area contributed by atoms with Crippen LogP contribution >= 0.6 is 0 Å². The van der Waals surface area contributed by atoms with Gasteiger partial charge in [-0.25, -0.2) is 0 Å². The van der Waals surface area contributed by atoms with Gasteiger partial charge in [-0.3, -0.25) is 4.90 Å². The molecule has 0 spiro atoms. The summed E-state index contributed by atoms with van der Waals surface area (Å²) in [6.07, 6.45) is 0.301. The SMILES string of the molecule is CC(C)(C)N1CC(Oc2ccc(C#Cc3ccccc3)cc2)C1. The van der Waals surface area contributed by atoms with Gasteiger partial charge in [0.15, 0.2) is 0 Å². The van der Waals surface area contributed by atoms with Gasteiger partial charge in [-0.2, -0.15) is 0 Å². The molecule has 1 fully saturated rings. The van der Waals surface area contributed by atoms with Crippen molar-refractivity contribution in [3.05, 3.63) is 65.7 Å². The number of likely N-dealkylation sites (tertiary alicyclic amines) is 1. The monoisotopic (exact) mass is 305 g/mol. The number of hydrogen-bond donors (Lipinski definition) is 0. The Morgan fingerprint density at radius 3 is 2.00 bits per heavy atom. The van der Waals surface area contributed by atoms with Crippen molar-refractivity contribution in [2.45, 2.75) is 32.4 Å². The quantitative estimate of drug-likeness (QED) is 0.779. The van der Waals surface area contributed by atoms with E-state index in [0.29, 0.717) is 6.10 Å². The molecule has 0 bridgehead atoms. The van der Waals surface area contributed by atoms with Gasteiger partial charge >= 0.3 is 0 Å². The van der Waals surface area contributed by atoms with E-state index in [-0.39, 0.29) is 5.54 Å². The molecule has 0 aliphatic carbocycles. The maximum absolute atomic E-state index is 6.00. The van der Waals surface area contributed by atoms with Crippen molar-refractivity contribution in [1.29, 1.82) is 0 Å². The van der Waals surface area contributed by atoms with Crippen molar-refractivity contribution >= 4 is 0 Å². The Morgan fingerprint density at radius 2 is 1.43 bits per heavy atom. The van der Waals surface area contributed by atoms with Gasteiger partial charge in [0.2, 0.25) is 0 Å². The molecule has 0 atom stereocenters. The van der Waals surface area contributed by atoms with E-state index in [4.69, 9.17) is 4.74 Å². The second-order valence-electron chi connectivity index (χ2n) is 6.96. The average molecular weight is 305 g/mol. The third-order valence-electron chi connectivity index (χ3n) is 4.08. The lowest BCUT2D eigenvalue weighted by molar-refractivity contribution is -0.0349. The Morgan fingerprint density at radius 1 is 0.870 bits per heavy atom. The fourth-order valence-electron chi connectivity index (χ4n) is 2.54. The fraction of sp³-hybridized carbons (Fsp3) is 0.333. The van der Waals surface area contributed by atoms with Gasteiger partial charge in [-0.1, -0.05) is 30.0 Å². The molecule has 1 aliphatic heterocycles. The molecule has 2 nitrogen and oxygen atoms in total. The van der Waals surface area contributed by atoms with Crippen LogP contribution in [0.4, 0.5) is 0 Å². The standard InChI is InChI=1S/C21H23NO/c1-21(2,3)22-15-20(16-22)23-19-13-11-18(12-14-19)10-9-17-7-5-4-6-8-17/h4-8,11-14,20H,15-16H2,1-3H3. The minimum absolute atomic E-state index is 0.233. The zero-order valence-corrected chi connectivity index (χ0v) is 14.0. The molecule has 0 amide bonds. The Hall–Kier alpha value is -2.24. The third kappa shape index (κ3) is 4.15. The molecular formula is C21H23NO. The Balaban J connectivity index is 1.56. The van der Waals surface area contributed by atoms with E-state index in [1.165, 1.54) is 0 Å². The number of hydrogen-bond acceptors (Lipinski definition) is 2. The van der Waals surface area contributed by atoms with Crippen molar-refractivity contribution in [1.82, 2.24) is 4.90 Å². The molecule has 118 valence electrons. The second-order valence-corrected chi connectivity index (χ2v) is 6.96. The van der Waals surface area contributed by atoms with Crippen LogP contribution in [0.1, 0.15) is 31.9 Å². The molecule has 0 N–H and O–H groups in total. The minimum Gasteiger partial charge on any atom is -0.488 e. The topological polar surface area (TPSA) is 12.5 Å². The highest BCUT2D eigenvalue weighted by Gasteiger charge is 2.35. The van der Waals surface area contributed by atoms with Crippen LogP contribution in [0, 0.1) is 11.8 Å². The zero-order chi connectivity index (χ0) is 16.3. The first-order valence-corrected chi connectivity index (χ1v) is 8.09. The summed E-state index contributed by atoms with van der Waals surface area (Å²) in [7, 11) is 0. The van der Waals surface area contributed by atoms with E-state index < -0.39 is 0 Å². The lowest BCUT2D eigenvalue weighted by Crippen LogP contribution is -2.60. The van der Waals surface area contributed by atoms with Crippen LogP contribution in [0.2, 0.25) is 0 Å². The summed E-state index contributed by atoms with van der Waals surface area (Å²) in [5, 5.41) is 0. The van der Waals surface area contributed by atoms with Gasteiger partial charge in [0, 0.05) is 29.8 Å². The Kier molecular flexibility index (Phi) is 4.41. The highest BCUT2D eigenvalue weighted by molar-refractivity contribution is 5.44. The van der Waals surface area contributed by atoms with E-state index in [0.717, 1.165) is 30.0 Å². The van der Waals surface area contributed by atoms with E-state index in [1.54, 1.807) is 0 Å². The smallest absolute Gasteiger partial charge is 0.124 e. The van der Waals surface area contributed by atoms with Gasteiger partial charge in [0.25, 0.3) is 0 Å². The van der Waals surface area contributed by atoms with Crippen LogP contribution in [0.5, 0.6) is 5.75 Å². The third-order valence-corrected chi connectivity index (χ3v) is 4.08. The molecule has 0 radical (unpaired) electrons. The fourth-order valence-corrected chi connectivity index (χ4v) is 2.54. The normalized spacial score (nSPS) is 15.4. The molecule has 0 unspecified atom stereocenters. The first kappa shape index (κ1) is 15.6. The van der Waals surface area contributed by atoms with Crippen molar-refractivity contribution in [2.75, 3.05) is 13.1 Å². The first-order chi connectivity index (χ1) is 11.0. The summed E-state index contributed by atoms with van der Waals surface area (Å²) < 4.78 is 6.00. The molecule has 23 heavy (non-hydrogen) atoms. The lowest BCUT2D eigenvalue weighted by Gasteiger charge is -2.47. The highest BCUT2D eigenvalue weighted by Crippen LogP contribution is 2.24. The average Bonchev–Trinajstić information content (AvgIpc) is 2.49. The van der Waals surface area contributed by atoms with Gasteiger partial charge in [-0.05, 0) is 57.2 Å². The van der Waals surface area contributed by atoms with Crippen molar-refractivity contribution in [2.24, 2.45) is 0 Å². The largest absolute Gasteiger partial charge is 0.488 e. The molecule has 2 aromatic rings. The van der Waals surface area contributed by atoms with Crippen LogP contribution < -0.4 is 4.74 Å². The van der Waals surface area contributed by atoms with Crippen LogP contribution in [0.3, 0.4) is 0 Å². The van der Waals surface area contributed by atoms with Crippen molar-refractivity contribution in [3.8, 4) is 17.6 Å². The molecule has 1 aliphatic rings. The molecule has 2 aromatic carbocycles. The molecule has 3 rings (SSSR count). The Bertz CT molecular complexity index is 695. The molecule has 0 aromatic heterocycles. The van der Waals surface area contributed by atoms with Gasteiger partial charge in [0.1, 0.15) is 11.9 Å². The van der Waals surface area contributed by atoms with Gasteiger partial charge in [-0.15, -0.1) is 0 Å². The zero-order valence-electron chi connectivity index (χ0n) is 14.0. The van der Waals surface area contributed by atoms with Crippen LogP contribution in [0.15, 0.2) is 54.6 Å². The number of benzene rings is 2. The second kappa shape index (κ2) is 6.48. The molecular weight excluding hydrogens is 282 g/mol. The maximum Gasteiger partial charge on any atom is 0.124 e. The van der Waals surface area contributed by atoms with Gasteiger partial charge < -0.3 is 4.74 Å². The predicted molar refractivity (Wildman–Crippen MR) is 94.6 cm³/mol. The Labute approximate surface area is 139 Å². The summed E-state index contributed by atoms with van der Waals surface area (Å²) in [6, 6.07) is 18.1. The van der Waals surface area contributed by atoms with Crippen molar-refractivity contribution in [3.63, 3.8) is 0 Å². The number of rotatable bonds is 2. The van der Waals surface area contributed by atoms with Crippen LogP contribution in [0.25, 0.3) is 0 Å². The summed E-state index contributed by atoms with van der Waals surface area (Å²) in [6.45, 7) is 8.72. The van der Waals surface area contributed by atoms with Gasteiger partial charge in [0.05, 0.1) is 0 Å². The van der Waals surface area contributed by atoms with E-state index in [2.05, 4.69) is 37.5 Å².